The predicted molar refractivity (Wildman–Crippen MR) is 115 cm³/mol. The summed E-state index contributed by atoms with van der Waals surface area (Å²) < 4.78 is 31.3. The molecule has 1 heterocycles. The Morgan fingerprint density at radius 1 is 1.21 bits per heavy atom. The van der Waals surface area contributed by atoms with Crippen molar-refractivity contribution in [1.29, 1.82) is 0 Å². The monoisotopic (exact) mass is 473 g/mol. The molecule has 3 rings (SSSR count). The van der Waals surface area contributed by atoms with Gasteiger partial charge in [-0.3, -0.25) is 4.79 Å². The van der Waals surface area contributed by atoms with Gasteiger partial charge < -0.3 is 9.73 Å². The summed E-state index contributed by atoms with van der Waals surface area (Å²) in [6.07, 6.45) is 0. The van der Waals surface area contributed by atoms with Crippen molar-refractivity contribution in [1.82, 2.24) is 9.29 Å². The Morgan fingerprint density at radius 2 is 1.93 bits per heavy atom. The largest absolute Gasteiger partial charge is 0.431 e. The second kappa shape index (κ2) is 8.53. The molecule has 29 heavy (non-hydrogen) atoms. The summed E-state index contributed by atoms with van der Waals surface area (Å²) in [5.74, 6) is -0.294. The zero-order valence-electron chi connectivity index (χ0n) is 15.6. The van der Waals surface area contributed by atoms with Gasteiger partial charge in [0, 0.05) is 19.1 Å². The van der Waals surface area contributed by atoms with Crippen LogP contribution in [0.1, 0.15) is 6.92 Å². The number of nitrogens with zero attached hydrogens (tertiary/aromatic N) is 2. The number of fused-ring (bicyclic) bond motifs is 1. The van der Waals surface area contributed by atoms with Crippen molar-refractivity contribution < 1.29 is 17.6 Å². The number of carbonyl (C=O) groups excluding carboxylic acids is 1. The summed E-state index contributed by atoms with van der Waals surface area (Å²) in [6, 6.07) is 9.22. The third-order valence-electron chi connectivity index (χ3n) is 3.95. The molecule has 0 radical (unpaired) electrons. The fourth-order valence-corrected chi connectivity index (χ4v) is 4.47. The molecule has 11 heteroatoms. The van der Waals surface area contributed by atoms with Crippen LogP contribution in [-0.2, 0) is 14.8 Å². The number of thioether (sulfide) groups is 1. The number of carbonyl (C=O) groups is 1. The van der Waals surface area contributed by atoms with Gasteiger partial charge >= 0.3 is 0 Å². The van der Waals surface area contributed by atoms with Crippen LogP contribution in [0.3, 0.4) is 0 Å². The molecule has 0 aliphatic rings. The molecule has 1 atom stereocenters. The fraction of sp³-hybridized carbons (Fsp3) is 0.222. The Kier molecular flexibility index (Phi) is 6.45. The maximum Gasteiger partial charge on any atom is 0.257 e. The molecule has 1 aromatic heterocycles. The first-order valence-corrected chi connectivity index (χ1v) is 11.4. The van der Waals surface area contributed by atoms with E-state index in [4.69, 9.17) is 27.6 Å². The van der Waals surface area contributed by atoms with E-state index in [2.05, 4.69) is 10.3 Å². The lowest BCUT2D eigenvalue weighted by Crippen LogP contribution is -2.22. The number of sulfonamides is 1. The highest BCUT2D eigenvalue weighted by atomic mass is 35.5. The number of aromatic nitrogens is 1. The van der Waals surface area contributed by atoms with Gasteiger partial charge in [0.2, 0.25) is 15.9 Å². The summed E-state index contributed by atoms with van der Waals surface area (Å²) in [5.41, 5.74) is 1.27. The summed E-state index contributed by atoms with van der Waals surface area (Å²) >= 11 is 13.0. The van der Waals surface area contributed by atoms with E-state index < -0.39 is 15.3 Å². The van der Waals surface area contributed by atoms with Crippen LogP contribution < -0.4 is 5.32 Å². The van der Waals surface area contributed by atoms with Gasteiger partial charge in [-0.05, 0) is 43.3 Å². The van der Waals surface area contributed by atoms with E-state index in [-0.39, 0.29) is 16.0 Å². The molecule has 2 aromatic carbocycles. The number of anilines is 1. The first-order chi connectivity index (χ1) is 13.6. The normalized spacial score (nSPS) is 13.0. The third kappa shape index (κ3) is 4.87. The van der Waals surface area contributed by atoms with Crippen LogP contribution in [0.4, 0.5) is 5.69 Å². The average Bonchev–Trinajstić information content (AvgIpc) is 3.05. The van der Waals surface area contributed by atoms with Crippen molar-refractivity contribution in [2.24, 2.45) is 0 Å². The van der Waals surface area contributed by atoms with Gasteiger partial charge in [-0.25, -0.2) is 17.7 Å². The van der Waals surface area contributed by atoms with Gasteiger partial charge in [0.05, 0.1) is 20.9 Å². The Hall–Kier alpha value is -1.78. The van der Waals surface area contributed by atoms with Gasteiger partial charge in [0.1, 0.15) is 5.52 Å². The molecule has 1 N–H and O–H groups in total. The number of hydrogen-bond donors (Lipinski definition) is 1. The van der Waals surface area contributed by atoms with E-state index in [1.165, 1.54) is 32.3 Å². The number of benzene rings is 2. The van der Waals surface area contributed by atoms with Crippen LogP contribution in [0.25, 0.3) is 11.1 Å². The Morgan fingerprint density at radius 3 is 2.59 bits per heavy atom. The standard InChI is InChI=1S/C18H17Cl2N3O4S2/c1-10(17(24)21-14-6-4-11(19)8-13(14)20)28-18-22-15-9-12(5-7-16(15)27-18)29(25,26)23(2)3/h4-10H,1-3H3,(H,21,24)/t10-/m1/s1. The van der Waals surface area contributed by atoms with E-state index in [0.717, 1.165) is 16.1 Å². The number of oxazole rings is 1. The minimum atomic E-state index is -3.58. The molecule has 0 spiro atoms. The fourth-order valence-electron chi connectivity index (χ4n) is 2.34. The van der Waals surface area contributed by atoms with Gasteiger partial charge in [-0.15, -0.1) is 0 Å². The molecule has 0 aliphatic heterocycles. The minimum absolute atomic E-state index is 0.114. The minimum Gasteiger partial charge on any atom is -0.431 e. The lowest BCUT2D eigenvalue weighted by atomic mass is 10.3. The van der Waals surface area contributed by atoms with Crippen LogP contribution in [0.2, 0.25) is 10.0 Å². The third-order valence-corrected chi connectivity index (χ3v) is 7.26. The maximum absolute atomic E-state index is 12.5. The highest BCUT2D eigenvalue weighted by Gasteiger charge is 2.21. The van der Waals surface area contributed by atoms with Crippen LogP contribution >= 0.6 is 35.0 Å². The van der Waals surface area contributed by atoms with Crippen molar-refractivity contribution in [3.05, 3.63) is 46.4 Å². The topological polar surface area (TPSA) is 92.5 Å². The van der Waals surface area contributed by atoms with E-state index in [1.54, 1.807) is 25.1 Å². The SMILES string of the molecule is C[C@@H](Sc1nc2cc(S(=O)(=O)N(C)C)ccc2o1)C(=O)Nc1ccc(Cl)cc1Cl. The molecule has 0 saturated heterocycles. The number of hydrogen-bond acceptors (Lipinski definition) is 6. The van der Waals surface area contributed by atoms with Crippen molar-refractivity contribution in [2.45, 2.75) is 22.3 Å². The van der Waals surface area contributed by atoms with Gasteiger partial charge in [-0.1, -0.05) is 35.0 Å². The van der Waals surface area contributed by atoms with Crippen molar-refractivity contribution in [2.75, 3.05) is 19.4 Å². The van der Waals surface area contributed by atoms with E-state index >= 15 is 0 Å². The molecule has 0 fully saturated rings. The molecular formula is C18H17Cl2N3O4S2. The lowest BCUT2D eigenvalue weighted by molar-refractivity contribution is -0.115. The van der Waals surface area contributed by atoms with Crippen molar-refractivity contribution >= 4 is 67.7 Å². The molecule has 0 unspecified atom stereocenters. The molecule has 3 aromatic rings. The summed E-state index contributed by atoms with van der Waals surface area (Å²) in [7, 11) is -0.668. The Bertz CT molecular complexity index is 1180. The van der Waals surface area contributed by atoms with Crippen LogP contribution in [0.15, 0.2) is 50.9 Å². The van der Waals surface area contributed by atoms with Gasteiger partial charge in [0.25, 0.3) is 5.22 Å². The summed E-state index contributed by atoms with van der Waals surface area (Å²) in [6.45, 7) is 1.70. The van der Waals surface area contributed by atoms with E-state index in [0.29, 0.717) is 26.8 Å². The highest BCUT2D eigenvalue weighted by Crippen LogP contribution is 2.30. The second-order valence-corrected chi connectivity index (χ2v) is 10.6. The van der Waals surface area contributed by atoms with E-state index in [1.807, 2.05) is 0 Å². The van der Waals surface area contributed by atoms with Crippen LogP contribution in [0.5, 0.6) is 0 Å². The lowest BCUT2D eigenvalue weighted by Gasteiger charge is -2.11. The van der Waals surface area contributed by atoms with Crippen molar-refractivity contribution in [3.63, 3.8) is 0 Å². The maximum atomic E-state index is 12.5. The smallest absolute Gasteiger partial charge is 0.257 e. The van der Waals surface area contributed by atoms with Crippen molar-refractivity contribution in [3.8, 4) is 0 Å². The van der Waals surface area contributed by atoms with E-state index in [9.17, 15) is 13.2 Å². The quantitative estimate of drug-likeness (QED) is 0.529. The Labute approximate surface area is 182 Å². The molecule has 0 aliphatic carbocycles. The number of nitrogens with one attached hydrogen (secondary N) is 1. The second-order valence-electron chi connectivity index (χ2n) is 6.27. The zero-order chi connectivity index (χ0) is 21.3. The average molecular weight is 474 g/mol. The first-order valence-electron chi connectivity index (χ1n) is 8.33. The molecule has 0 saturated carbocycles. The summed E-state index contributed by atoms with van der Waals surface area (Å²) in [5, 5.41) is 3.24. The molecular weight excluding hydrogens is 457 g/mol. The van der Waals surface area contributed by atoms with Gasteiger partial charge in [-0.2, -0.15) is 0 Å². The van der Waals surface area contributed by atoms with Gasteiger partial charge in [0.15, 0.2) is 5.58 Å². The zero-order valence-corrected chi connectivity index (χ0v) is 18.8. The Balaban J connectivity index is 1.76. The highest BCUT2D eigenvalue weighted by molar-refractivity contribution is 8.00. The summed E-state index contributed by atoms with van der Waals surface area (Å²) in [4.78, 5) is 16.9. The molecule has 154 valence electrons. The molecule has 7 nitrogen and oxygen atoms in total. The number of halogens is 2. The van der Waals surface area contributed by atoms with Crippen LogP contribution in [0, 0.1) is 0 Å². The number of rotatable bonds is 6. The molecule has 0 bridgehead atoms. The van der Waals surface area contributed by atoms with Crippen LogP contribution in [-0.4, -0.2) is 43.0 Å². The first kappa shape index (κ1) is 21.9. The number of amides is 1. The molecule has 1 amide bonds. The predicted octanol–water partition coefficient (Wildman–Crippen LogP) is 4.50.